The van der Waals surface area contributed by atoms with Gasteiger partial charge in [-0.05, 0) is 11.2 Å². The standard InChI is InChI=1S/C5H9NO2S/c1-6-2-3-9(8)4-5(6)7/h2-4H2,1H3. The highest BCUT2D eigenvalue weighted by atomic mass is 32.2. The fourth-order valence-corrected chi connectivity index (χ4v) is 1.80. The number of amides is 1. The van der Waals surface area contributed by atoms with Gasteiger partial charge in [0.25, 0.3) is 5.91 Å². The third-order valence-corrected chi connectivity index (χ3v) is 2.57. The van der Waals surface area contributed by atoms with Gasteiger partial charge < -0.3 is 9.45 Å². The van der Waals surface area contributed by atoms with Crippen molar-refractivity contribution in [2.24, 2.45) is 0 Å². The van der Waals surface area contributed by atoms with Crippen LogP contribution in [0.15, 0.2) is 0 Å². The second-order valence-corrected chi connectivity index (χ2v) is 3.68. The maximum Gasteiger partial charge on any atom is 0.272 e. The highest BCUT2D eigenvalue weighted by Gasteiger charge is 2.23. The van der Waals surface area contributed by atoms with Crippen molar-refractivity contribution in [3.8, 4) is 0 Å². The van der Waals surface area contributed by atoms with Crippen LogP contribution < -0.4 is 0 Å². The molecule has 1 atom stereocenters. The number of nitrogens with zero attached hydrogens (tertiary/aromatic N) is 1. The van der Waals surface area contributed by atoms with Crippen LogP contribution in [0.5, 0.6) is 0 Å². The molecule has 1 aliphatic rings. The number of carbonyl (C=O) groups excluding carboxylic acids is 1. The van der Waals surface area contributed by atoms with Crippen LogP contribution in [0.1, 0.15) is 0 Å². The summed E-state index contributed by atoms with van der Waals surface area (Å²) in [7, 11) is 1.73. The Kier molecular flexibility index (Phi) is 1.97. The van der Waals surface area contributed by atoms with Crippen molar-refractivity contribution in [1.29, 1.82) is 0 Å². The van der Waals surface area contributed by atoms with Crippen LogP contribution >= 0.6 is 0 Å². The van der Waals surface area contributed by atoms with Gasteiger partial charge in [0, 0.05) is 7.05 Å². The summed E-state index contributed by atoms with van der Waals surface area (Å²) < 4.78 is 10.7. The van der Waals surface area contributed by atoms with Crippen LogP contribution in [0.25, 0.3) is 0 Å². The molecule has 0 aromatic rings. The summed E-state index contributed by atoms with van der Waals surface area (Å²) in [6, 6.07) is 0. The van der Waals surface area contributed by atoms with Crippen LogP contribution in [-0.4, -0.2) is 40.5 Å². The van der Waals surface area contributed by atoms with E-state index in [2.05, 4.69) is 0 Å². The zero-order valence-electron chi connectivity index (χ0n) is 5.29. The molecule has 3 nitrogen and oxygen atoms in total. The molecule has 4 heteroatoms. The molecule has 0 aromatic carbocycles. The monoisotopic (exact) mass is 147 g/mol. The van der Waals surface area contributed by atoms with E-state index >= 15 is 0 Å². The second kappa shape index (κ2) is 2.58. The molecule has 52 valence electrons. The van der Waals surface area contributed by atoms with Crippen molar-refractivity contribution >= 4 is 17.1 Å². The van der Waals surface area contributed by atoms with Gasteiger partial charge in [0.15, 0.2) is 5.75 Å². The molecule has 9 heavy (non-hydrogen) atoms. The minimum absolute atomic E-state index is 0.000386. The van der Waals surface area contributed by atoms with Crippen LogP contribution in [0, 0.1) is 0 Å². The van der Waals surface area contributed by atoms with Gasteiger partial charge in [0.2, 0.25) is 0 Å². The molecular formula is C5H9NO2S. The molecule has 1 fully saturated rings. The summed E-state index contributed by atoms with van der Waals surface area (Å²) in [5.41, 5.74) is 0. The molecule has 1 unspecified atom stereocenters. The van der Waals surface area contributed by atoms with Crippen LogP contribution in [0.3, 0.4) is 0 Å². The smallest absolute Gasteiger partial charge is 0.272 e. The predicted octanol–water partition coefficient (Wildman–Crippen LogP) is -0.793. The minimum atomic E-state index is -0.882. The van der Waals surface area contributed by atoms with E-state index in [-0.39, 0.29) is 11.7 Å². The Bertz CT molecular complexity index is 128. The van der Waals surface area contributed by atoms with Gasteiger partial charge in [-0.1, -0.05) is 0 Å². The van der Waals surface area contributed by atoms with Gasteiger partial charge in [-0.15, -0.1) is 0 Å². The lowest BCUT2D eigenvalue weighted by Gasteiger charge is -2.23. The molecule has 0 aromatic heterocycles. The molecule has 1 saturated heterocycles. The van der Waals surface area contributed by atoms with E-state index < -0.39 is 11.2 Å². The normalized spacial score (nSPS) is 28.9. The molecule has 1 amide bonds. The first-order valence-corrected chi connectivity index (χ1v) is 4.28. The van der Waals surface area contributed by atoms with Gasteiger partial charge >= 0.3 is 0 Å². The fourth-order valence-electron chi connectivity index (χ4n) is 0.684. The quantitative estimate of drug-likeness (QED) is 0.421. The maximum absolute atomic E-state index is 10.7. The Morgan fingerprint density at radius 3 is 2.89 bits per heavy atom. The van der Waals surface area contributed by atoms with E-state index in [0.717, 1.165) is 0 Å². The van der Waals surface area contributed by atoms with Crippen molar-refractivity contribution in [3.05, 3.63) is 0 Å². The molecule has 0 N–H and O–H groups in total. The van der Waals surface area contributed by atoms with E-state index in [1.807, 2.05) is 0 Å². The Morgan fingerprint density at radius 2 is 2.44 bits per heavy atom. The average Bonchev–Trinajstić information content (AvgIpc) is 1.80. The summed E-state index contributed by atoms with van der Waals surface area (Å²) >= 11 is -0.882. The molecular weight excluding hydrogens is 138 g/mol. The summed E-state index contributed by atoms with van der Waals surface area (Å²) in [5.74, 6) is 0.859. The molecule has 1 aliphatic heterocycles. The van der Waals surface area contributed by atoms with Crippen LogP contribution in [0.2, 0.25) is 0 Å². The number of rotatable bonds is 0. The van der Waals surface area contributed by atoms with Crippen molar-refractivity contribution in [2.45, 2.75) is 0 Å². The maximum atomic E-state index is 10.7. The summed E-state index contributed by atoms with van der Waals surface area (Å²) in [4.78, 5) is 12.3. The summed E-state index contributed by atoms with van der Waals surface area (Å²) in [6.45, 7) is 0.644. The van der Waals surface area contributed by atoms with Crippen molar-refractivity contribution < 1.29 is 9.35 Å². The fraction of sp³-hybridized carbons (Fsp3) is 0.800. The third kappa shape index (κ3) is 1.59. The van der Waals surface area contributed by atoms with Crippen LogP contribution in [-0.2, 0) is 16.0 Å². The van der Waals surface area contributed by atoms with Crippen LogP contribution in [0.4, 0.5) is 0 Å². The number of hydrogen-bond donors (Lipinski definition) is 0. The van der Waals surface area contributed by atoms with E-state index in [1.54, 1.807) is 11.9 Å². The molecule has 1 heterocycles. The lowest BCUT2D eigenvalue weighted by Crippen LogP contribution is -2.42. The van der Waals surface area contributed by atoms with Crippen molar-refractivity contribution in [2.75, 3.05) is 25.1 Å². The van der Waals surface area contributed by atoms with E-state index in [0.29, 0.717) is 12.3 Å². The molecule has 1 rings (SSSR count). The predicted molar refractivity (Wildman–Crippen MR) is 35.5 cm³/mol. The van der Waals surface area contributed by atoms with Crippen molar-refractivity contribution in [3.63, 3.8) is 0 Å². The first kappa shape index (κ1) is 6.89. The highest BCUT2D eigenvalue weighted by Crippen LogP contribution is 2.01. The van der Waals surface area contributed by atoms with Gasteiger partial charge in [0.05, 0.1) is 6.54 Å². The molecule has 0 saturated carbocycles. The molecule has 0 spiro atoms. The van der Waals surface area contributed by atoms with Gasteiger partial charge in [-0.2, -0.15) is 0 Å². The van der Waals surface area contributed by atoms with E-state index in [1.165, 1.54) is 0 Å². The van der Waals surface area contributed by atoms with E-state index in [9.17, 15) is 9.35 Å². The lowest BCUT2D eigenvalue weighted by molar-refractivity contribution is -0.127. The zero-order chi connectivity index (χ0) is 6.85. The average molecular weight is 147 g/mol. The Hall–Kier alpha value is -0.220. The Balaban J connectivity index is 2.44. The lowest BCUT2D eigenvalue weighted by atomic mass is 10.5. The molecule has 0 aliphatic carbocycles. The first-order chi connectivity index (χ1) is 4.20. The van der Waals surface area contributed by atoms with Crippen molar-refractivity contribution in [1.82, 2.24) is 4.90 Å². The third-order valence-electron chi connectivity index (χ3n) is 1.36. The topological polar surface area (TPSA) is 43.4 Å². The second-order valence-electron chi connectivity index (χ2n) is 2.10. The Morgan fingerprint density at radius 1 is 1.78 bits per heavy atom. The highest BCUT2D eigenvalue weighted by molar-refractivity contribution is 7.92. The number of carbonyl (C=O) groups is 1. The van der Waals surface area contributed by atoms with Gasteiger partial charge in [-0.25, -0.2) is 0 Å². The molecule has 0 radical (unpaired) electrons. The minimum Gasteiger partial charge on any atom is -0.616 e. The zero-order valence-corrected chi connectivity index (χ0v) is 6.11. The number of hydrogen-bond acceptors (Lipinski definition) is 2. The summed E-state index contributed by atoms with van der Waals surface area (Å²) in [6.07, 6.45) is 0. The summed E-state index contributed by atoms with van der Waals surface area (Å²) in [5, 5.41) is 0. The molecule has 0 bridgehead atoms. The first-order valence-electron chi connectivity index (χ1n) is 2.79. The van der Waals surface area contributed by atoms with Gasteiger partial charge in [0.1, 0.15) is 5.75 Å². The largest absolute Gasteiger partial charge is 0.616 e. The van der Waals surface area contributed by atoms with Gasteiger partial charge in [-0.3, -0.25) is 4.79 Å². The Labute approximate surface area is 57.2 Å². The SMILES string of the molecule is CN1CC[S+]([O-])CC1=O. The van der Waals surface area contributed by atoms with E-state index in [4.69, 9.17) is 0 Å².